The summed E-state index contributed by atoms with van der Waals surface area (Å²) in [6.07, 6.45) is -1.26. The van der Waals surface area contributed by atoms with E-state index in [-0.39, 0.29) is 26.4 Å². The first kappa shape index (κ1) is 77.5. The minimum atomic E-state index is -0.640. The molecular formula is C40H84BrClN12O18. The standard InChI is InChI=1S/C11H22N4O5.C11H24N2O5.C6H12BrN3O2.C6H13ClO3.C6H13N3O3/c1-11(2,3)20-10(16)14-19-9-8-18-7-6-17-5-4-13-15-12;1-11(2,3)18-10(14)13-17-9-8-16-7-6-15-5-4-12;7-1-3-11-5-6-12-4-2-9-10-8;7-1-3-9-5-6-10-4-2-8;7-9-8-1-3-11-5-6-12-4-2-10/h4-9H2,1-3H3,(H,14,16);4-9,12H2,1-3H3,(H,13,14);1-6H2;8H,1-6H2;10H,1-6H2. The number of hydrogen-bond acceptors (Lipinski definition) is 22. The van der Waals surface area contributed by atoms with Gasteiger partial charge >= 0.3 is 12.2 Å². The normalized spacial score (nSPS) is 10.4. The number of rotatable bonds is 42. The van der Waals surface area contributed by atoms with E-state index in [0.717, 1.165) is 5.33 Å². The Morgan fingerprint density at radius 3 is 1.04 bits per heavy atom. The quantitative estimate of drug-likeness (QED) is 0.0140. The largest absolute Gasteiger partial charge is 0.442 e. The Hall–Kier alpha value is -3.36. The number of ether oxygens (including phenoxy) is 12. The number of nitrogens with zero attached hydrogens (tertiary/aromatic N) is 9. The van der Waals surface area contributed by atoms with Crippen LogP contribution in [0.4, 0.5) is 9.59 Å². The van der Waals surface area contributed by atoms with Gasteiger partial charge < -0.3 is 72.8 Å². The zero-order valence-electron chi connectivity index (χ0n) is 43.0. The molecule has 426 valence electrons. The molecule has 72 heavy (non-hydrogen) atoms. The van der Waals surface area contributed by atoms with Crippen LogP contribution in [0.5, 0.6) is 0 Å². The molecule has 0 atom stereocenters. The lowest BCUT2D eigenvalue weighted by molar-refractivity contribution is -0.0327. The summed E-state index contributed by atoms with van der Waals surface area (Å²) >= 11 is 8.57. The maximum atomic E-state index is 11.2. The summed E-state index contributed by atoms with van der Waals surface area (Å²) in [6.45, 7) is 22.0. The predicted molar refractivity (Wildman–Crippen MR) is 269 cm³/mol. The molecule has 0 saturated heterocycles. The number of aliphatic hydroxyl groups excluding tert-OH is 2. The summed E-state index contributed by atoms with van der Waals surface area (Å²) < 4.78 is 60.5. The highest BCUT2D eigenvalue weighted by atomic mass is 79.9. The molecular weight excluding hydrogens is 1050 g/mol. The summed E-state index contributed by atoms with van der Waals surface area (Å²) in [5.41, 5.74) is 32.3. The molecule has 0 spiro atoms. The summed E-state index contributed by atoms with van der Waals surface area (Å²) in [5.74, 6) is 0.514. The van der Waals surface area contributed by atoms with E-state index < -0.39 is 23.4 Å². The van der Waals surface area contributed by atoms with E-state index in [2.05, 4.69) is 57.0 Å². The first-order valence-corrected chi connectivity index (χ1v) is 24.4. The average molecular weight is 1140 g/mol. The molecule has 0 aromatic heterocycles. The zero-order chi connectivity index (χ0) is 54.9. The van der Waals surface area contributed by atoms with E-state index in [4.69, 9.17) is 111 Å². The van der Waals surface area contributed by atoms with Gasteiger partial charge in [0, 0.05) is 52.1 Å². The van der Waals surface area contributed by atoms with Crippen LogP contribution in [0, 0.1) is 0 Å². The first-order valence-electron chi connectivity index (χ1n) is 22.7. The van der Waals surface area contributed by atoms with Crippen LogP contribution < -0.4 is 16.7 Å². The lowest BCUT2D eigenvalue weighted by atomic mass is 10.2. The summed E-state index contributed by atoms with van der Waals surface area (Å²) in [7, 11) is 0. The van der Waals surface area contributed by atoms with Crippen molar-refractivity contribution in [2.75, 3.05) is 196 Å². The first-order chi connectivity index (χ1) is 34.7. The van der Waals surface area contributed by atoms with E-state index in [9.17, 15) is 9.59 Å². The van der Waals surface area contributed by atoms with Crippen molar-refractivity contribution in [2.45, 2.75) is 52.7 Å². The molecule has 2 amide bonds. The Balaban J connectivity index is -0.000000266. The fourth-order valence-corrected chi connectivity index (χ4v) is 3.74. The number of aliphatic hydroxyl groups is 2. The molecule has 0 radical (unpaired) electrons. The minimum Gasteiger partial charge on any atom is -0.442 e. The number of amides is 2. The van der Waals surface area contributed by atoms with Crippen LogP contribution in [0.3, 0.4) is 0 Å². The molecule has 0 fully saturated rings. The SMILES string of the molecule is CC(C)(C)OC(=O)NOCCOCCOCCN.CC(C)(C)OC(=O)NOCCOCCOCCN=[N+]=[N-].OCCOCCOCCCl.[N-]=[N+]=NCCOCCOCCBr.[N-]=[N+]=NCCOCCOCCO. The van der Waals surface area contributed by atoms with Gasteiger partial charge in [-0.05, 0) is 58.1 Å². The molecule has 30 nitrogen and oxygen atoms in total. The Morgan fingerprint density at radius 2 is 0.764 bits per heavy atom. The van der Waals surface area contributed by atoms with Gasteiger partial charge in [-0.15, -0.1) is 11.6 Å². The van der Waals surface area contributed by atoms with Crippen molar-refractivity contribution in [2.24, 2.45) is 21.1 Å². The number of nitrogens with one attached hydrogen (secondary N) is 2. The number of hydroxylamine groups is 2. The third-order valence-corrected chi connectivity index (χ3v) is 6.48. The maximum Gasteiger partial charge on any atom is 0.431 e. The summed E-state index contributed by atoms with van der Waals surface area (Å²) in [5, 5.41) is 27.3. The number of hydrogen-bond donors (Lipinski definition) is 5. The minimum absolute atomic E-state index is 0.0265. The van der Waals surface area contributed by atoms with Crippen LogP contribution in [0.2, 0.25) is 0 Å². The van der Waals surface area contributed by atoms with Gasteiger partial charge in [0.15, 0.2) is 0 Å². The van der Waals surface area contributed by atoms with E-state index in [1.807, 2.05) is 0 Å². The summed E-state index contributed by atoms with van der Waals surface area (Å²) in [6, 6.07) is 0. The number of carbonyl (C=O) groups is 2. The van der Waals surface area contributed by atoms with E-state index in [1.54, 1.807) is 41.5 Å². The Morgan fingerprint density at radius 1 is 0.486 bits per heavy atom. The molecule has 0 aromatic rings. The maximum absolute atomic E-state index is 11.2. The lowest BCUT2D eigenvalue weighted by Crippen LogP contribution is -2.33. The van der Waals surface area contributed by atoms with E-state index >= 15 is 0 Å². The van der Waals surface area contributed by atoms with Crippen molar-refractivity contribution in [1.29, 1.82) is 0 Å². The van der Waals surface area contributed by atoms with Crippen molar-refractivity contribution >= 4 is 39.7 Å². The Bertz CT molecular complexity index is 1250. The topological polar surface area (TPSA) is 400 Å². The number of alkyl halides is 2. The molecule has 0 aromatic carbocycles. The fraction of sp³-hybridized carbons (Fsp3) is 0.950. The molecule has 0 bridgehead atoms. The van der Waals surface area contributed by atoms with Crippen LogP contribution in [0.1, 0.15) is 41.5 Å². The molecule has 0 aliphatic carbocycles. The second kappa shape index (κ2) is 67.6. The second-order valence-electron chi connectivity index (χ2n) is 14.5. The van der Waals surface area contributed by atoms with Gasteiger partial charge in [-0.3, -0.25) is 9.68 Å². The number of nitrogens with two attached hydrogens (primary N) is 1. The van der Waals surface area contributed by atoms with Crippen molar-refractivity contribution in [3.63, 3.8) is 0 Å². The molecule has 0 aliphatic heterocycles. The van der Waals surface area contributed by atoms with Gasteiger partial charge in [0.1, 0.15) is 11.2 Å². The van der Waals surface area contributed by atoms with Gasteiger partial charge in [-0.2, -0.15) is 11.0 Å². The monoisotopic (exact) mass is 1130 g/mol. The van der Waals surface area contributed by atoms with Crippen molar-refractivity contribution in [3.8, 4) is 0 Å². The molecule has 0 heterocycles. The fourth-order valence-electron chi connectivity index (χ4n) is 3.40. The predicted octanol–water partition coefficient (Wildman–Crippen LogP) is 4.52. The number of carbonyl (C=O) groups excluding carboxylic acids is 2. The van der Waals surface area contributed by atoms with Crippen LogP contribution in [0.15, 0.2) is 15.3 Å². The van der Waals surface area contributed by atoms with Crippen molar-refractivity contribution in [3.05, 3.63) is 31.3 Å². The third kappa shape index (κ3) is 92.7. The van der Waals surface area contributed by atoms with Gasteiger partial charge in [-0.25, -0.2) is 9.59 Å². The molecule has 0 saturated carbocycles. The van der Waals surface area contributed by atoms with Gasteiger partial charge in [0.2, 0.25) is 0 Å². The summed E-state index contributed by atoms with van der Waals surface area (Å²) in [4.78, 5) is 39.8. The molecule has 0 aliphatic rings. The molecule has 0 unspecified atom stereocenters. The average Bonchev–Trinajstić information content (AvgIpc) is 3.33. The Labute approximate surface area is 436 Å². The van der Waals surface area contributed by atoms with E-state index in [0.29, 0.717) is 164 Å². The highest BCUT2D eigenvalue weighted by Crippen LogP contribution is 2.07. The lowest BCUT2D eigenvalue weighted by Gasteiger charge is -2.19. The van der Waals surface area contributed by atoms with Crippen molar-refractivity contribution in [1.82, 2.24) is 11.0 Å². The zero-order valence-corrected chi connectivity index (χ0v) is 45.3. The smallest absolute Gasteiger partial charge is 0.431 e. The van der Waals surface area contributed by atoms with Crippen LogP contribution in [0.25, 0.3) is 31.3 Å². The molecule has 32 heteroatoms. The van der Waals surface area contributed by atoms with Crippen LogP contribution in [-0.4, -0.2) is 230 Å². The van der Waals surface area contributed by atoms with Gasteiger partial charge in [-0.1, -0.05) is 31.3 Å². The third-order valence-electron chi connectivity index (χ3n) is 6.00. The van der Waals surface area contributed by atoms with Crippen molar-refractivity contribution < 1.29 is 86.3 Å². The van der Waals surface area contributed by atoms with Gasteiger partial charge in [0.05, 0.1) is 159 Å². The van der Waals surface area contributed by atoms with Crippen LogP contribution >= 0.6 is 27.5 Å². The van der Waals surface area contributed by atoms with Crippen LogP contribution in [-0.2, 0) is 66.5 Å². The van der Waals surface area contributed by atoms with Gasteiger partial charge in [0.25, 0.3) is 0 Å². The van der Waals surface area contributed by atoms with E-state index in [1.165, 1.54) is 0 Å². The number of azide groups is 3. The molecule has 6 N–H and O–H groups in total. The second-order valence-corrected chi connectivity index (χ2v) is 15.7. The highest BCUT2D eigenvalue weighted by Gasteiger charge is 2.16. The highest BCUT2D eigenvalue weighted by molar-refractivity contribution is 9.09. The number of halogens is 2. The Kier molecular flexibility index (Phi) is 72.8. The molecule has 0 rings (SSSR count).